The average molecular weight is 296 g/mol. The van der Waals surface area contributed by atoms with Gasteiger partial charge in [-0.05, 0) is 61.7 Å². The first-order valence-corrected chi connectivity index (χ1v) is 7.52. The van der Waals surface area contributed by atoms with Gasteiger partial charge in [0.15, 0.2) is 5.11 Å². The predicted molar refractivity (Wildman–Crippen MR) is 83.2 cm³/mol. The first-order valence-electron chi connectivity index (χ1n) is 6.74. The number of hydrazine groups is 1. The maximum absolute atomic E-state index is 5.93. The van der Waals surface area contributed by atoms with E-state index in [9.17, 15) is 0 Å². The molecule has 2 atom stereocenters. The molecule has 1 saturated carbocycles. The van der Waals surface area contributed by atoms with E-state index in [-0.39, 0.29) is 5.66 Å². The zero-order valence-electron chi connectivity index (χ0n) is 10.9. The molecule has 19 heavy (non-hydrogen) atoms. The van der Waals surface area contributed by atoms with Crippen molar-refractivity contribution in [1.82, 2.24) is 10.7 Å². The highest BCUT2D eigenvalue weighted by Gasteiger charge is 2.43. The third-order valence-electron chi connectivity index (χ3n) is 3.96. The van der Waals surface area contributed by atoms with Gasteiger partial charge >= 0.3 is 0 Å². The fourth-order valence-corrected chi connectivity index (χ4v) is 3.56. The molecule has 2 unspecified atom stereocenters. The highest BCUT2D eigenvalue weighted by atomic mass is 35.5. The molecule has 1 aromatic carbocycles. The molecular weight excluding hydrogens is 278 g/mol. The summed E-state index contributed by atoms with van der Waals surface area (Å²) in [6.45, 7) is 2.30. The summed E-state index contributed by atoms with van der Waals surface area (Å²) in [5.41, 5.74) is 4.52. The third-order valence-corrected chi connectivity index (χ3v) is 4.49. The van der Waals surface area contributed by atoms with E-state index in [1.165, 1.54) is 12.8 Å². The number of anilines is 1. The van der Waals surface area contributed by atoms with E-state index in [4.69, 9.17) is 23.8 Å². The van der Waals surface area contributed by atoms with Gasteiger partial charge in [0, 0.05) is 5.02 Å². The first kappa shape index (κ1) is 13.2. The van der Waals surface area contributed by atoms with Gasteiger partial charge in [-0.1, -0.05) is 24.9 Å². The summed E-state index contributed by atoms with van der Waals surface area (Å²) < 4.78 is 0. The first-order chi connectivity index (χ1) is 9.08. The number of halogens is 1. The molecule has 0 aromatic heterocycles. The summed E-state index contributed by atoms with van der Waals surface area (Å²) in [5.74, 6) is 0.724. The van der Waals surface area contributed by atoms with Gasteiger partial charge < -0.3 is 5.32 Å². The van der Waals surface area contributed by atoms with Crippen LogP contribution in [0.4, 0.5) is 5.69 Å². The van der Waals surface area contributed by atoms with Crippen molar-refractivity contribution in [1.29, 1.82) is 0 Å². The van der Waals surface area contributed by atoms with Crippen LogP contribution in [0.3, 0.4) is 0 Å². The number of rotatable bonds is 1. The quantitative estimate of drug-likeness (QED) is 0.776. The summed E-state index contributed by atoms with van der Waals surface area (Å²) >= 11 is 11.4. The minimum atomic E-state index is -0.0611. The van der Waals surface area contributed by atoms with Crippen LogP contribution in [0.5, 0.6) is 0 Å². The second kappa shape index (κ2) is 4.93. The van der Waals surface area contributed by atoms with Gasteiger partial charge in [0.2, 0.25) is 0 Å². The zero-order chi connectivity index (χ0) is 13.5. The van der Waals surface area contributed by atoms with Crippen molar-refractivity contribution in [3.05, 3.63) is 29.3 Å². The van der Waals surface area contributed by atoms with Crippen LogP contribution in [0.15, 0.2) is 24.3 Å². The van der Waals surface area contributed by atoms with E-state index in [1.807, 2.05) is 29.3 Å². The minimum Gasteiger partial charge on any atom is -0.342 e. The van der Waals surface area contributed by atoms with Crippen molar-refractivity contribution in [3.63, 3.8) is 0 Å². The Kier molecular flexibility index (Phi) is 3.41. The van der Waals surface area contributed by atoms with Gasteiger partial charge in [-0.15, -0.1) is 0 Å². The lowest BCUT2D eigenvalue weighted by Crippen LogP contribution is -2.53. The second-order valence-corrected chi connectivity index (χ2v) is 6.46. The molecule has 1 aromatic rings. The molecule has 0 radical (unpaired) electrons. The molecule has 1 spiro atoms. The van der Waals surface area contributed by atoms with Crippen LogP contribution in [-0.2, 0) is 0 Å². The molecule has 3 rings (SSSR count). The van der Waals surface area contributed by atoms with Crippen LogP contribution in [0.2, 0.25) is 5.02 Å². The Morgan fingerprint density at radius 1 is 1.37 bits per heavy atom. The molecular formula is C14H18ClN3S. The lowest BCUT2D eigenvalue weighted by molar-refractivity contribution is 0.192. The van der Waals surface area contributed by atoms with Crippen LogP contribution < -0.4 is 15.8 Å². The molecule has 1 heterocycles. The monoisotopic (exact) mass is 295 g/mol. The summed E-state index contributed by atoms with van der Waals surface area (Å²) in [4.78, 5) is 0. The Labute approximate surface area is 124 Å². The topological polar surface area (TPSA) is 27.3 Å². The smallest absolute Gasteiger partial charge is 0.189 e. The third kappa shape index (κ3) is 2.57. The minimum absolute atomic E-state index is 0.0611. The molecule has 1 saturated heterocycles. The van der Waals surface area contributed by atoms with Crippen molar-refractivity contribution in [2.24, 2.45) is 5.92 Å². The summed E-state index contributed by atoms with van der Waals surface area (Å²) in [5, 5.41) is 6.92. The Morgan fingerprint density at radius 3 is 2.79 bits per heavy atom. The molecule has 2 aliphatic rings. The van der Waals surface area contributed by atoms with Gasteiger partial charge in [-0.3, -0.25) is 5.01 Å². The van der Waals surface area contributed by atoms with Gasteiger partial charge in [-0.2, -0.15) is 0 Å². The second-order valence-electron chi connectivity index (χ2n) is 5.64. The van der Waals surface area contributed by atoms with Crippen molar-refractivity contribution in [2.45, 2.75) is 38.3 Å². The Bertz CT molecular complexity index is 490. The summed E-state index contributed by atoms with van der Waals surface area (Å²) in [6, 6.07) is 7.73. The van der Waals surface area contributed by atoms with Crippen LogP contribution in [-0.4, -0.2) is 10.8 Å². The van der Waals surface area contributed by atoms with E-state index < -0.39 is 0 Å². The van der Waals surface area contributed by atoms with Gasteiger partial charge in [0.05, 0.1) is 5.69 Å². The number of nitrogens with one attached hydrogen (secondary N) is 2. The molecule has 102 valence electrons. The Morgan fingerprint density at radius 2 is 2.11 bits per heavy atom. The normalized spacial score (nSPS) is 30.7. The van der Waals surface area contributed by atoms with Crippen molar-refractivity contribution in [3.8, 4) is 0 Å². The Balaban J connectivity index is 1.81. The molecule has 5 heteroatoms. The lowest BCUT2D eigenvalue weighted by Gasteiger charge is -2.36. The SMILES string of the molecule is CC1CCCC2(C1)NC(=S)N(c1ccc(Cl)cc1)N2. The van der Waals surface area contributed by atoms with E-state index in [0.29, 0.717) is 0 Å². The van der Waals surface area contributed by atoms with Gasteiger partial charge in [-0.25, -0.2) is 5.43 Å². The van der Waals surface area contributed by atoms with E-state index >= 15 is 0 Å². The average Bonchev–Trinajstić information content (AvgIpc) is 2.66. The predicted octanol–water partition coefficient (Wildman–Crippen LogP) is 3.45. The fourth-order valence-electron chi connectivity index (χ4n) is 3.09. The van der Waals surface area contributed by atoms with Crippen molar-refractivity contribution < 1.29 is 0 Å². The van der Waals surface area contributed by atoms with Crippen molar-refractivity contribution >= 4 is 34.6 Å². The van der Waals surface area contributed by atoms with Crippen LogP contribution in [0, 0.1) is 5.92 Å². The Hall–Kier alpha value is -0.840. The molecule has 2 N–H and O–H groups in total. The van der Waals surface area contributed by atoms with E-state index in [1.54, 1.807) is 0 Å². The molecule has 2 fully saturated rings. The highest BCUT2D eigenvalue weighted by Crippen LogP contribution is 2.34. The standard InChI is InChI=1S/C14H18ClN3S/c1-10-3-2-8-14(9-10)16-13(19)18(17-14)12-6-4-11(15)5-7-12/h4-7,10,17H,2-3,8-9H2,1H3,(H,16,19). The number of hydrogen-bond donors (Lipinski definition) is 2. The van der Waals surface area contributed by atoms with Crippen LogP contribution >= 0.6 is 23.8 Å². The van der Waals surface area contributed by atoms with E-state index in [2.05, 4.69) is 17.7 Å². The zero-order valence-corrected chi connectivity index (χ0v) is 12.5. The molecule has 3 nitrogen and oxygen atoms in total. The van der Waals surface area contributed by atoms with E-state index in [0.717, 1.165) is 34.6 Å². The van der Waals surface area contributed by atoms with Crippen LogP contribution in [0.25, 0.3) is 0 Å². The largest absolute Gasteiger partial charge is 0.342 e. The summed E-state index contributed by atoms with van der Waals surface area (Å²) in [6.07, 6.45) is 4.76. The number of benzene rings is 1. The molecule has 1 aliphatic heterocycles. The number of nitrogens with zero attached hydrogens (tertiary/aromatic N) is 1. The maximum Gasteiger partial charge on any atom is 0.189 e. The maximum atomic E-state index is 5.93. The number of thiocarbonyl (C=S) groups is 1. The molecule has 1 aliphatic carbocycles. The fraction of sp³-hybridized carbons (Fsp3) is 0.500. The number of hydrogen-bond acceptors (Lipinski definition) is 2. The lowest BCUT2D eigenvalue weighted by atomic mass is 9.83. The molecule has 0 amide bonds. The molecule has 0 bridgehead atoms. The van der Waals surface area contributed by atoms with Gasteiger partial charge in [0.1, 0.15) is 5.66 Å². The highest BCUT2D eigenvalue weighted by molar-refractivity contribution is 7.80. The van der Waals surface area contributed by atoms with Crippen molar-refractivity contribution in [2.75, 3.05) is 5.01 Å². The summed E-state index contributed by atoms with van der Waals surface area (Å²) in [7, 11) is 0. The van der Waals surface area contributed by atoms with Crippen LogP contribution in [0.1, 0.15) is 32.6 Å². The van der Waals surface area contributed by atoms with Gasteiger partial charge in [0.25, 0.3) is 0 Å².